The highest BCUT2D eigenvalue weighted by Gasteiger charge is 2.22. The summed E-state index contributed by atoms with van der Waals surface area (Å²) in [6, 6.07) is 5.21. The highest BCUT2D eigenvalue weighted by molar-refractivity contribution is 8.01. The SMILES string of the molecule is COC(=O)c1cc(N(SC)C(=S)N2CCCCN2)ccc1Cl. The number of esters is 1. The van der Waals surface area contributed by atoms with E-state index < -0.39 is 5.97 Å². The summed E-state index contributed by atoms with van der Waals surface area (Å²) in [4.78, 5) is 11.8. The number of hydrogen-bond donors (Lipinski definition) is 1. The van der Waals surface area contributed by atoms with Crippen molar-refractivity contribution in [2.45, 2.75) is 12.8 Å². The molecule has 0 unspecified atom stereocenters. The minimum Gasteiger partial charge on any atom is -0.465 e. The molecule has 8 heteroatoms. The largest absolute Gasteiger partial charge is 0.465 e. The van der Waals surface area contributed by atoms with E-state index in [2.05, 4.69) is 5.43 Å². The van der Waals surface area contributed by atoms with Crippen LogP contribution in [-0.4, -0.2) is 42.5 Å². The van der Waals surface area contributed by atoms with Crippen molar-refractivity contribution in [2.24, 2.45) is 0 Å². The van der Waals surface area contributed by atoms with E-state index in [1.807, 2.05) is 21.6 Å². The van der Waals surface area contributed by atoms with E-state index in [1.165, 1.54) is 19.1 Å². The van der Waals surface area contributed by atoms with Crippen LogP contribution in [0.4, 0.5) is 5.69 Å². The van der Waals surface area contributed by atoms with Gasteiger partial charge in [-0.15, -0.1) is 0 Å². The Bertz CT molecular complexity index is 565. The molecule has 0 aliphatic carbocycles. The van der Waals surface area contributed by atoms with E-state index in [9.17, 15) is 4.79 Å². The number of benzene rings is 1. The molecule has 1 heterocycles. The number of hydrazine groups is 1. The molecular weight excluding hydrogens is 342 g/mol. The lowest BCUT2D eigenvalue weighted by molar-refractivity contribution is 0.0601. The molecular formula is C14H18ClN3O2S2. The molecule has 22 heavy (non-hydrogen) atoms. The molecule has 0 aromatic heterocycles. The molecule has 0 amide bonds. The number of methoxy groups -OCH3 is 1. The fourth-order valence-electron chi connectivity index (χ4n) is 2.16. The average molecular weight is 360 g/mol. The van der Waals surface area contributed by atoms with Gasteiger partial charge in [-0.2, -0.15) is 0 Å². The lowest BCUT2D eigenvalue weighted by atomic mass is 10.2. The maximum Gasteiger partial charge on any atom is 0.339 e. The maximum atomic E-state index is 11.8. The van der Waals surface area contributed by atoms with E-state index >= 15 is 0 Å². The second kappa shape index (κ2) is 8.01. The van der Waals surface area contributed by atoms with Gasteiger partial charge in [0.05, 0.1) is 23.4 Å². The predicted octanol–water partition coefficient (Wildman–Crippen LogP) is 3.10. The Morgan fingerprint density at radius 1 is 1.50 bits per heavy atom. The Morgan fingerprint density at radius 2 is 2.27 bits per heavy atom. The molecule has 120 valence electrons. The number of carbonyl (C=O) groups excluding carboxylic acids is 1. The highest BCUT2D eigenvalue weighted by atomic mass is 35.5. The molecule has 2 rings (SSSR count). The van der Waals surface area contributed by atoms with E-state index in [-0.39, 0.29) is 0 Å². The van der Waals surface area contributed by atoms with Crippen LogP contribution >= 0.6 is 35.8 Å². The first kappa shape index (κ1) is 17.3. The van der Waals surface area contributed by atoms with Crippen LogP contribution < -0.4 is 9.73 Å². The summed E-state index contributed by atoms with van der Waals surface area (Å²) in [5, 5.41) is 2.98. The van der Waals surface area contributed by atoms with E-state index in [0.29, 0.717) is 15.7 Å². The van der Waals surface area contributed by atoms with Gasteiger partial charge < -0.3 is 4.74 Å². The fourth-order valence-corrected chi connectivity index (χ4v) is 3.42. The molecule has 1 aromatic carbocycles. The fraction of sp³-hybridized carbons (Fsp3) is 0.429. The van der Waals surface area contributed by atoms with Crippen LogP contribution in [0.2, 0.25) is 5.02 Å². The molecule has 1 aromatic rings. The van der Waals surface area contributed by atoms with Crippen LogP contribution in [0.15, 0.2) is 18.2 Å². The van der Waals surface area contributed by atoms with Gasteiger partial charge in [0.15, 0.2) is 0 Å². The molecule has 0 radical (unpaired) electrons. The first-order valence-electron chi connectivity index (χ1n) is 6.85. The molecule has 1 aliphatic rings. The predicted molar refractivity (Wildman–Crippen MR) is 95.3 cm³/mol. The molecule has 0 atom stereocenters. The Morgan fingerprint density at radius 3 is 2.86 bits per heavy atom. The molecule has 0 saturated carbocycles. The van der Waals surface area contributed by atoms with Gasteiger partial charge in [0, 0.05) is 19.3 Å². The van der Waals surface area contributed by atoms with Gasteiger partial charge in [-0.1, -0.05) is 11.6 Å². The van der Waals surface area contributed by atoms with Gasteiger partial charge in [-0.3, -0.25) is 9.31 Å². The summed E-state index contributed by atoms with van der Waals surface area (Å²) in [5.41, 5.74) is 4.40. The summed E-state index contributed by atoms with van der Waals surface area (Å²) >= 11 is 13.1. The highest BCUT2D eigenvalue weighted by Crippen LogP contribution is 2.28. The third-order valence-corrected chi connectivity index (χ3v) is 4.89. The van der Waals surface area contributed by atoms with Gasteiger partial charge in [-0.25, -0.2) is 10.2 Å². The zero-order valence-corrected chi connectivity index (χ0v) is 14.9. The second-order valence-electron chi connectivity index (χ2n) is 4.68. The molecule has 1 N–H and O–H groups in total. The minimum atomic E-state index is -0.463. The van der Waals surface area contributed by atoms with Crippen LogP contribution in [-0.2, 0) is 4.74 Å². The molecule has 1 aliphatic heterocycles. The maximum absolute atomic E-state index is 11.8. The van der Waals surface area contributed by atoms with Crippen molar-refractivity contribution in [3.05, 3.63) is 28.8 Å². The van der Waals surface area contributed by atoms with Gasteiger partial charge in [-0.05, 0) is 55.2 Å². The smallest absolute Gasteiger partial charge is 0.339 e. The standard InChI is InChI=1S/C14H18ClN3O2S2/c1-20-13(19)11-9-10(5-6-12(11)15)18(22-2)14(21)17-8-4-3-7-16-17/h5-6,9,16H,3-4,7-8H2,1-2H3. The first-order valence-corrected chi connectivity index (χ1v) is 8.82. The summed E-state index contributed by atoms with van der Waals surface area (Å²) in [6.45, 7) is 1.78. The van der Waals surface area contributed by atoms with Crippen LogP contribution in [0.25, 0.3) is 0 Å². The van der Waals surface area contributed by atoms with Crippen LogP contribution in [0, 0.1) is 0 Å². The average Bonchev–Trinajstić information content (AvgIpc) is 2.56. The normalized spacial score (nSPS) is 14.6. The lowest BCUT2D eigenvalue weighted by Crippen LogP contribution is -2.51. The summed E-state index contributed by atoms with van der Waals surface area (Å²) in [7, 11) is 1.33. The Balaban J connectivity index is 2.26. The number of rotatable bonds is 3. The van der Waals surface area contributed by atoms with Crippen molar-refractivity contribution < 1.29 is 9.53 Å². The first-order chi connectivity index (χ1) is 10.6. The Hall–Kier alpha value is -1.02. The van der Waals surface area contributed by atoms with Gasteiger partial charge in [0.2, 0.25) is 5.11 Å². The molecule has 0 bridgehead atoms. The summed E-state index contributed by atoms with van der Waals surface area (Å²) in [6.07, 6.45) is 4.18. The number of nitrogens with zero attached hydrogens (tertiary/aromatic N) is 2. The summed E-state index contributed by atoms with van der Waals surface area (Å²) in [5.74, 6) is -0.463. The lowest BCUT2D eigenvalue weighted by Gasteiger charge is -2.34. The molecule has 0 spiro atoms. The number of anilines is 1. The van der Waals surface area contributed by atoms with Crippen molar-refractivity contribution in [2.75, 3.05) is 30.8 Å². The monoisotopic (exact) mass is 359 g/mol. The van der Waals surface area contributed by atoms with Crippen LogP contribution in [0.1, 0.15) is 23.2 Å². The number of halogens is 1. The minimum absolute atomic E-state index is 0.329. The van der Waals surface area contributed by atoms with Gasteiger partial charge >= 0.3 is 5.97 Å². The number of hydrogen-bond acceptors (Lipinski definition) is 5. The second-order valence-corrected chi connectivity index (χ2v) is 6.18. The van der Waals surface area contributed by atoms with Crippen molar-refractivity contribution in [1.82, 2.24) is 10.4 Å². The van der Waals surface area contributed by atoms with Gasteiger partial charge in [0.1, 0.15) is 0 Å². The third-order valence-electron chi connectivity index (χ3n) is 3.29. The van der Waals surface area contributed by atoms with Crippen molar-refractivity contribution in [3.63, 3.8) is 0 Å². The number of ether oxygens (including phenoxy) is 1. The number of carbonyl (C=O) groups is 1. The molecule has 1 fully saturated rings. The van der Waals surface area contributed by atoms with E-state index in [0.717, 1.165) is 31.6 Å². The zero-order chi connectivity index (χ0) is 16.1. The quantitative estimate of drug-likeness (QED) is 0.505. The third kappa shape index (κ3) is 3.84. The van der Waals surface area contributed by atoms with E-state index in [1.54, 1.807) is 12.1 Å². The summed E-state index contributed by atoms with van der Waals surface area (Å²) < 4.78 is 6.64. The Labute approximate surface area is 145 Å². The van der Waals surface area contributed by atoms with Crippen molar-refractivity contribution >= 4 is 52.5 Å². The van der Waals surface area contributed by atoms with Crippen molar-refractivity contribution in [1.29, 1.82) is 0 Å². The topological polar surface area (TPSA) is 44.8 Å². The Kier molecular flexibility index (Phi) is 6.31. The zero-order valence-electron chi connectivity index (χ0n) is 12.5. The van der Waals surface area contributed by atoms with Crippen molar-refractivity contribution in [3.8, 4) is 0 Å². The van der Waals surface area contributed by atoms with E-state index in [4.69, 9.17) is 28.6 Å². The van der Waals surface area contributed by atoms with Crippen LogP contribution in [0.5, 0.6) is 0 Å². The number of thiocarbonyl (C=S) groups is 1. The van der Waals surface area contributed by atoms with Crippen LogP contribution in [0.3, 0.4) is 0 Å². The molecule has 5 nitrogen and oxygen atoms in total. The number of nitrogens with one attached hydrogen (secondary N) is 1. The van der Waals surface area contributed by atoms with Gasteiger partial charge in [0.25, 0.3) is 0 Å². The molecule has 1 saturated heterocycles.